The Bertz CT molecular complexity index is 807. The van der Waals surface area contributed by atoms with Crippen molar-refractivity contribution in [1.82, 2.24) is 25.2 Å². The van der Waals surface area contributed by atoms with Crippen molar-refractivity contribution in [3.63, 3.8) is 0 Å². The zero-order chi connectivity index (χ0) is 20.6. The fraction of sp³-hybridized carbons (Fsp3) is 0.524. The Morgan fingerprint density at radius 1 is 1.34 bits per heavy atom. The summed E-state index contributed by atoms with van der Waals surface area (Å²) in [6, 6.07) is 3.95. The van der Waals surface area contributed by atoms with Crippen molar-refractivity contribution in [2.75, 3.05) is 38.7 Å². The minimum absolute atomic E-state index is 0.0262. The number of piperidine rings is 1. The van der Waals surface area contributed by atoms with Crippen LogP contribution >= 0.6 is 0 Å². The van der Waals surface area contributed by atoms with Crippen LogP contribution < -0.4 is 10.6 Å². The number of nitrogens with zero attached hydrogens (tertiary/aromatic N) is 4. The molecule has 2 aromatic heterocycles. The number of anilines is 2. The van der Waals surface area contributed by atoms with Gasteiger partial charge in [-0.2, -0.15) is 0 Å². The lowest BCUT2D eigenvalue weighted by Gasteiger charge is -2.31. The van der Waals surface area contributed by atoms with Crippen LogP contribution in [0.4, 0.5) is 11.6 Å². The Morgan fingerprint density at radius 3 is 2.86 bits per heavy atom. The molecule has 29 heavy (non-hydrogen) atoms. The van der Waals surface area contributed by atoms with E-state index in [1.54, 1.807) is 19.5 Å². The number of carbonyl (C=O) groups excluding carboxylic acids is 1. The minimum atomic E-state index is 0.0262. The number of aryl methyl sites for hydroxylation is 1. The SMILES string of the molecule is COC[C@@H](C)NC(=O)CN1CCC(c2cncc(Nc3ncccc3C)n2)CC1. The summed E-state index contributed by atoms with van der Waals surface area (Å²) in [6.45, 7) is 6.64. The van der Waals surface area contributed by atoms with Gasteiger partial charge in [0.25, 0.3) is 0 Å². The molecule has 8 heteroatoms. The number of hydrogen-bond donors (Lipinski definition) is 2. The molecule has 156 valence electrons. The number of nitrogens with one attached hydrogen (secondary N) is 2. The molecule has 3 rings (SSSR count). The quantitative estimate of drug-likeness (QED) is 0.704. The average Bonchev–Trinajstić information content (AvgIpc) is 2.70. The molecule has 1 fully saturated rings. The monoisotopic (exact) mass is 398 g/mol. The van der Waals surface area contributed by atoms with Gasteiger partial charge < -0.3 is 15.4 Å². The number of rotatable bonds is 8. The zero-order valence-corrected chi connectivity index (χ0v) is 17.4. The largest absolute Gasteiger partial charge is 0.383 e. The molecule has 1 amide bonds. The Morgan fingerprint density at radius 2 is 2.14 bits per heavy atom. The third kappa shape index (κ3) is 6.20. The van der Waals surface area contributed by atoms with Crippen LogP contribution in [0.2, 0.25) is 0 Å². The van der Waals surface area contributed by atoms with Gasteiger partial charge >= 0.3 is 0 Å². The van der Waals surface area contributed by atoms with E-state index in [1.165, 1.54) is 0 Å². The van der Waals surface area contributed by atoms with E-state index in [4.69, 9.17) is 9.72 Å². The van der Waals surface area contributed by atoms with Crippen LogP contribution in [-0.2, 0) is 9.53 Å². The maximum atomic E-state index is 12.1. The van der Waals surface area contributed by atoms with Crippen molar-refractivity contribution in [3.8, 4) is 0 Å². The molecule has 1 aliphatic rings. The molecular weight excluding hydrogens is 368 g/mol. The second-order valence-electron chi connectivity index (χ2n) is 7.60. The molecule has 0 radical (unpaired) electrons. The van der Waals surface area contributed by atoms with Gasteiger partial charge in [-0.25, -0.2) is 9.97 Å². The van der Waals surface area contributed by atoms with Crippen molar-refractivity contribution >= 4 is 17.5 Å². The molecule has 0 aliphatic carbocycles. The molecule has 0 spiro atoms. The lowest BCUT2D eigenvalue weighted by Crippen LogP contribution is -2.44. The van der Waals surface area contributed by atoms with E-state index in [9.17, 15) is 4.79 Å². The molecule has 1 aliphatic heterocycles. The highest BCUT2D eigenvalue weighted by Gasteiger charge is 2.23. The first kappa shape index (κ1) is 21.1. The Kier molecular flexibility index (Phi) is 7.48. The normalized spacial score (nSPS) is 16.4. The van der Waals surface area contributed by atoms with Crippen molar-refractivity contribution in [1.29, 1.82) is 0 Å². The standard InChI is InChI=1S/C21H30N6O2/c1-15-5-4-8-23-21(15)26-19-12-22-11-18(25-19)17-6-9-27(10-7-17)13-20(28)24-16(2)14-29-3/h4-5,8,11-12,16-17H,6-7,9-10,13-14H2,1-3H3,(H,24,28)(H,23,25,26)/t16-/m1/s1. The molecule has 3 heterocycles. The number of methoxy groups -OCH3 is 1. The first-order valence-corrected chi connectivity index (χ1v) is 10.1. The Labute approximate surface area is 172 Å². The molecule has 0 aromatic carbocycles. The van der Waals surface area contributed by atoms with Crippen molar-refractivity contribution in [2.24, 2.45) is 0 Å². The topological polar surface area (TPSA) is 92.3 Å². The highest BCUT2D eigenvalue weighted by atomic mass is 16.5. The zero-order valence-electron chi connectivity index (χ0n) is 17.4. The number of amides is 1. The average molecular weight is 399 g/mol. The van der Waals surface area contributed by atoms with Crippen LogP contribution in [0.5, 0.6) is 0 Å². The third-order valence-electron chi connectivity index (χ3n) is 5.11. The number of pyridine rings is 1. The predicted octanol–water partition coefficient (Wildman–Crippen LogP) is 2.25. The first-order valence-electron chi connectivity index (χ1n) is 10.1. The van der Waals surface area contributed by atoms with Gasteiger partial charge in [0.05, 0.1) is 25.0 Å². The molecule has 0 unspecified atom stereocenters. The van der Waals surface area contributed by atoms with Gasteiger partial charge in [-0.05, 0) is 51.4 Å². The number of aromatic nitrogens is 3. The summed E-state index contributed by atoms with van der Waals surface area (Å²) in [5.74, 6) is 1.89. The minimum Gasteiger partial charge on any atom is -0.383 e. The second-order valence-corrected chi connectivity index (χ2v) is 7.60. The van der Waals surface area contributed by atoms with Gasteiger partial charge in [0.2, 0.25) is 5.91 Å². The Hall–Kier alpha value is -2.58. The van der Waals surface area contributed by atoms with E-state index in [0.717, 1.165) is 43.0 Å². The maximum absolute atomic E-state index is 12.1. The Balaban J connectivity index is 1.52. The van der Waals surface area contributed by atoms with Crippen LogP contribution in [-0.4, -0.2) is 65.2 Å². The van der Waals surface area contributed by atoms with Gasteiger partial charge in [0.1, 0.15) is 11.6 Å². The van der Waals surface area contributed by atoms with E-state index < -0.39 is 0 Å². The van der Waals surface area contributed by atoms with Crippen LogP contribution in [0, 0.1) is 6.92 Å². The van der Waals surface area contributed by atoms with Gasteiger partial charge in [-0.15, -0.1) is 0 Å². The van der Waals surface area contributed by atoms with Gasteiger partial charge in [0, 0.05) is 31.5 Å². The lowest BCUT2D eigenvalue weighted by molar-refractivity contribution is -0.123. The summed E-state index contributed by atoms with van der Waals surface area (Å²) >= 11 is 0. The van der Waals surface area contributed by atoms with E-state index in [2.05, 4.69) is 25.5 Å². The van der Waals surface area contributed by atoms with Gasteiger partial charge in [-0.3, -0.25) is 14.7 Å². The van der Waals surface area contributed by atoms with Crippen LogP contribution in [0.25, 0.3) is 0 Å². The number of ether oxygens (including phenoxy) is 1. The summed E-state index contributed by atoms with van der Waals surface area (Å²) in [5, 5.41) is 6.22. The van der Waals surface area contributed by atoms with Gasteiger partial charge in [-0.1, -0.05) is 6.07 Å². The van der Waals surface area contributed by atoms with Crippen molar-refractivity contribution < 1.29 is 9.53 Å². The molecular formula is C21H30N6O2. The fourth-order valence-electron chi connectivity index (χ4n) is 3.58. The molecule has 1 saturated heterocycles. The number of likely N-dealkylation sites (tertiary alicyclic amines) is 1. The molecule has 8 nitrogen and oxygen atoms in total. The van der Waals surface area contributed by atoms with E-state index in [-0.39, 0.29) is 11.9 Å². The smallest absolute Gasteiger partial charge is 0.234 e. The lowest BCUT2D eigenvalue weighted by atomic mass is 9.94. The summed E-state index contributed by atoms with van der Waals surface area (Å²) in [7, 11) is 1.64. The maximum Gasteiger partial charge on any atom is 0.234 e. The molecule has 0 bridgehead atoms. The van der Waals surface area contributed by atoms with E-state index in [0.29, 0.717) is 24.9 Å². The molecule has 0 saturated carbocycles. The summed E-state index contributed by atoms with van der Waals surface area (Å²) < 4.78 is 5.06. The molecule has 2 N–H and O–H groups in total. The summed E-state index contributed by atoms with van der Waals surface area (Å²) in [5.41, 5.74) is 2.05. The van der Waals surface area contributed by atoms with Crippen molar-refractivity contribution in [3.05, 3.63) is 42.0 Å². The van der Waals surface area contributed by atoms with Gasteiger partial charge in [0.15, 0.2) is 0 Å². The third-order valence-corrected chi connectivity index (χ3v) is 5.11. The van der Waals surface area contributed by atoms with Crippen LogP contribution in [0.1, 0.15) is 36.9 Å². The van der Waals surface area contributed by atoms with Crippen LogP contribution in [0.3, 0.4) is 0 Å². The first-order chi connectivity index (χ1) is 14.0. The summed E-state index contributed by atoms with van der Waals surface area (Å²) in [4.78, 5) is 27.8. The van der Waals surface area contributed by atoms with Crippen molar-refractivity contribution in [2.45, 2.75) is 38.6 Å². The summed E-state index contributed by atoms with van der Waals surface area (Å²) in [6.07, 6.45) is 7.24. The second kappa shape index (κ2) is 10.3. The van der Waals surface area contributed by atoms with Crippen LogP contribution in [0.15, 0.2) is 30.7 Å². The molecule has 1 atom stereocenters. The highest BCUT2D eigenvalue weighted by molar-refractivity contribution is 5.78. The fourth-order valence-corrected chi connectivity index (χ4v) is 3.58. The van der Waals surface area contributed by atoms with E-state index >= 15 is 0 Å². The number of hydrogen-bond acceptors (Lipinski definition) is 7. The van der Waals surface area contributed by atoms with E-state index in [1.807, 2.05) is 32.2 Å². The highest BCUT2D eigenvalue weighted by Crippen LogP contribution is 2.27. The number of carbonyl (C=O) groups is 1. The molecule has 2 aromatic rings. The predicted molar refractivity (Wildman–Crippen MR) is 112 cm³/mol.